The highest BCUT2D eigenvalue weighted by atomic mass is 35.5. The molecule has 5 nitrogen and oxygen atoms in total. The molecule has 0 radical (unpaired) electrons. The Morgan fingerprint density at radius 3 is 2.88 bits per heavy atom. The topological polar surface area (TPSA) is 62.4 Å². The monoisotopic (exact) mass is 345 g/mol. The third-order valence-electron chi connectivity index (χ3n) is 4.07. The highest BCUT2D eigenvalue weighted by molar-refractivity contribution is 6.30. The fraction of sp³-hybridized carbons (Fsp3) is 0.278. The molecule has 1 amide bonds. The molecular formula is C18H20ClN3O2. The molecule has 1 fully saturated rings. The van der Waals surface area contributed by atoms with Gasteiger partial charge in [0.25, 0.3) is 0 Å². The Morgan fingerprint density at radius 1 is 1.25 bits per heavy atom. The van der Waals surface area contributed by atoms with E-state index in [1.54, 1.807) is 7.11 Å². The summed E-state index contributed by atoms with van der Waals surface area (Å²) in [6, 6.07) is 15.1. The molecule has 0 aliphatic carbocycles. The lowest BCUT2D eigenvalue weighted by atomic mass is 10.0. The minimum atomic E-state index is -0.277. The summed E-state index contributed by atoms with van der Waals surface area (Å²) >= 11 is 5.95. The van der Waals surface area contributed by atoms with Gasteiger partial charge in [-0.25, -0.2) is 10.9 Å². The van der Waals surface area contributed by atoms with Crippen LogP contribution in [0.3, 0.4) is 0 Å². The maximum atomic E-state index is 12.3. The first-order valence-corrected chi connectivity index (χ1v) is 8.20. The van der Waals surface area contributed by atoms with Crippen molar-refractivity contribution in [1.29, 1.82) is 0 Å². The number of carbonyl (C=O) groups excluding carboxylic acids is 1. The lowest BCUT2D eigenvalue weighted by Gasteiger charge is -2.11. The quantitative estimate of drug-likeness (QED) is 0.779. The van der Waals surface area contributed by atoms with Gasteiger partial charge >= 0.3 is 0 Å². The minimum absolute atomic E-state index is 0.0344. The van der Waals surface area contributed by atoms with Crippen LogP contribution in [-0.4, -0.2) is 19.1 Å². The summed E-state index contributed by atoms with van der Waals surface area (Å²) in [7, 11) is 1.64. The largest absolute Gasteiger partial charge is 0.497 e. The molecule has 1 saturated heterocycles. The Labute approximate surface area is 146 Å². The van der Waals surface area contributed by atoms with Gasteiger partial charge in [0.2, 0.25) is 5.91 Å². The van der Waals surface area contributed by atoms with Gasteiger partial charge in [-0.05, 0) is 41.8 Å². The third-order valence-corrected chi connectivity index (χ3v) is 4.31. The van der Waals surface area contributed by atoms with E-state index in [4.69, 9.17) is 16.3 Å². The molecule has 1 heterocycles. The molecule has 3 N–H and O–H groups in total. The van der Waals surface area contributed by atoms with Crippen molar-refractivity contribution in [2.75, 3.05) is 7.11 Å². The van der Waals surface area contributed by atoms with Crippen molar-refractivity contribution in [2.24, 2.45) is 0 Å². The maximum absolute atomic E-state index is 12.3. The standard InChI is InChI=1S/C18H20ClN3O2/c1-24-15-7-3-5-13(9-15)16-10-17(22-21-16)18(23)20-11-12-4-2-6-14(19)8-12/h2-9,16-17,21-22H,10-11H2,1H3,(H,20,23). The van der Waals surface area contributed by atoms with Gasteiger partial charge in [0, 0.05) is 17.6 Å². The second kappa shape index (κ2) is 7.66. The number of carbonyl (C=O) groups is 1. The van der Waals surface area contributed by atoms with Crippen LogP contribution in [0.2, 0.25) is 5.02 Å². The van der Waals surface area contributed by atoms with Crippen LogP contribution >= 0.6 is 11.6 Å². The zero-order valence-electron chi connectivity index (χ0n) is 13.4. The lowest BCUT2D eigenvalue weighted by Crippen LogP contribution is -2.42. The van der Waals surface area contributed by atoms with E-state index in [-0.39, 0.29) is 18.0 Å². The summed E-state index contributed by atoms with van der Waals surface area (Å²) in [5, 5.41) is 3.61. The molecule has 6 heteroatoms. The molecule has 24 heavy (non-hydrogen) atoms. The van der Waals surface area contributed by atoms with Gasteiger partial charge in [0.05, 0.1) is 7.11 Å². The molecule has 2 aromatic carbocycles. The predicted molar refractivity (Wildman–Crippen MR) is 93.7 cm³/mol. The van der Waals surface area contributed by atoms with Gasteiger partial charge < -0.3 is 10.1 Å². The normalized spacial score (nSPS) is 19.9. The summed E-state index contributed by atoms with van der Waals surface area (Å²) in [6.45, 7) is 0.460. The number of hydrogen-bond acceptors (Lipinski definition) is 4. The van der Waals surface area contributed by atoms with Crippen molar-refractivity contribution in [3.8, 4) is 5.75 Å². The van der Waals surface area contributed by atoms with E-state index in [2.05, 4.69) is 16.2 Å². The Kier molecular flexibility index (Phi) is 5.35. The number of ether oxygens (including phenoxy) is 1. The number of amides is 1. The van der Waals surface area contributed by atoms with E-state index in [9.17, 15) is 4.79 Å². The van der Waals surface area contributed by atoms with E-state index in [0.29, 0.717) is 18.0 Å². The number of benzene rings is 2. The van der Waals surface area contributed by atoms with E-state index < -0.39 is 0 Å². The van der Waals surface area contributed by atoms with Crippen molar-refractivity contribution < 1.29 is 9.53 Å². The molecule has 126 valence electrons. The number of rotatable bonds is 5. The maximum Gasteiger partial charge on any atom is 0.238 e. The van der Waals surface area contributed by atoms with Crippen LogP contribution in [0.4, 0.5) is 0 Å². The van der Waals surface area contributed by atoms with Gasteiger partial charge in [-0.15, -0.1) is 0 Å². The highest BCUT2D eigenvalue weighted by Crippen LogP contribution is 2.25. The summed E-state index contributed by atoms with van der Waals surface area (Å²) in [5.41, 5.74) is 8.30. The van der Waals surface area contributed by atoms with Gasteiger partial charge in [0.1, 0.15) is 11.8 Å². The Balaban J connectivity index is 1.55. The highest BCUT2D eigenvalue weighted by Gasteiger charge is 2.30. The number of hydrazine groups is 1. The molecule has 0 saturated carbocycles. The Hall–Kier alpha value is -2.08. The number of halogens is 1. The molecule has 1 aliphatic heterocycles. The number of hydrogen-bond donors (Lipinski definition) is 3. The SMILES string of the molecule is COc1cccc(C2CC(C(=O)NCc3cccc(Cl)c3)NN2)c1. The molecule has 2 unspecified atom stereocenters. The second-order valence-corrected chi connectivity index (χ2v) is 6.19. The van der Waals surface area contributed by atoms with E-state index >= 15 is 0 Å². The van der Waals surface area contributed by atoms with Crippen molar-refractivity contribution in [3.63, 3.8) is 0 Å². The zero-order valence-corrected chi connectivity index (χ0v) is 14.1. The predicted octanol–water partition coefficient (Wildman–Crippen LogP) is 2.57. The molecular weight excluding hydrogens is 326 g/mol. The zero-order chi connectivity index (χ0) is 16.9. The van der Waals surface area contributed by atoms with Crippen molar-refractivity contribution in [2.45, 2.75) is 25.0 Å². The minimum Gasteiger partial charge on any atom is -0.497 e. The van der Waals surface area contributed by atoms with E-state index in [0.717, 1.165) is 16.9 Å². The van der Waals surface area contributed by atoms with Crippen molar-refractivity contribution >= 4 is 17.5 Å². The first kappa shape index (κ1) is 16.8. The summed E-state index contributed by atoms with van der Waals surface area (Å²) in [4.78, 5) is 12.3. The summed E-state index contributed by atoms with van der Waals surface area (Å²) in [5.74, 6) is 0.774. The van der Waals surface area contributed by atoms with E-state index in [1.807, 2.05) is 48.5 Å². The molecule has 0 aromatic heterocycles. The molecule has 2 aromatic rings. The molecule has 3 rings (SSSR count). The average Bonchev–Trinajstić information content (AvgIpc) is 3.10. The average molecular weight is 346 g/mol. The van der Waals surface area contributed by atoms with Crippen LogP contribution in [0.25, 0.3) is 0 Å². The van der Waals surface area contributed by atoms with Crippen molar-refractivity contribution in [1.82, 2.24) is 16.2 Å². The van der Waals surface area contributed by atoms with Gasteiger partial charge in [0.15, 0.2) is 0 Å². The Morgan fingerprint density at radius 2 is 2.08 bits per heavy atom. The van der Waals surface area contributed by atoms with E-state index in [1.165, 1.54) is 0 Å². The molecule has 0 spiro atoms. The smallest absolute Gasteiger partial charge is 0.238 e. The first-order valence-electron chi connectivity index (χ1n) is 7.83. The lowest BCUT2D eigenvalue weighted by molar-refractivity contribution is -0.123. The first-order chi connectivity index (χ1) is 11.7. The van der Waals surface area contributed by atoms with Crippen LogP contribution in [-0.2, 0) is 11.3 Å². The van der Waals surface area contributed by atoms with Crippen molar-refractivity contribution in [3.05, 3.63) is 64.7 Å². The molecule has 1 aliphatic rings. The van der Waals surface area contributed by atoms with Crippen LogP contribution in [0.5, 0.6) is 5.75 Å². The third kappa shape index (κ3) is 4.06. The van der Waals surface area contributed by atoms with Crippen LogP contribution < -0.4 is 20.9 Å². The summed E-state index contributed by atoms with van der Waals surface area (Å²) < 4.78 is 5.25. The Bertz CT molecular complexity index is 723. The summed E-state index contributed by atoms with van der Waals surface area (Å²) in [6.07, 6.45) is 0.675. The van der Waals surface area contributed by atoms with Gasteiger partial charge in [-0.3, -0.25) is 4.79 Å². The molecule has 0 bridgehead atoms. The van der Waals surface area contributed by atoms with Crippen LogP contribution in [0.1, 0.15) is 23.6 Å². The van der Waals surface area contributed by atoms with Crippen LogP contribution in [0.15, 0.2) is 48.5 Å². The second-order valence-electron chi connectivity index (χ2n) is 5.75. The number of methoxy groups -OCH3 is 1. The van der Waals surface area contributed by atoms with Crippen LogP contribution in [0, 0.1) is 0 Å². The molecule has 2 atom stereocenters. The number of nitrogens with one attached hydrogen (secondary N) is 3. The van der Waals surface area contributed by atoms with Gasteiger partial charge in [-0.2, -0.15) is 0 Å². The van der Waals surface area contributed by atoms with Gasteiger partial charge in [-0.1, -0.05) is 35.9 Å². The fourth-order valence-electron chi connectivity index (χ4n) is 2.76. The fourth-order valence-corrected chi connectivity index (χ4v) is 2.98.